The number of piperazine rings is 1. The molecule has 0 radical (unpaired) electrons. The first kappa shape index (κ1) is 21.7. The van der Waals surface area contributed by atoms with Crippen molar-refractivity contribution >= 4 is 17.3 Å². The highest BCUT2D eigenvalue weighted by molar-refractivity contribution is 6.30. The SMILES string of the molecule is Cc1ccc(N2CCN(C(c3ccccc3)c3nnc(-c4ccc(Cl)cc4)o3)CC2)c(C)c1. The molecule has 1 fully saturated rings. The number of halogens is 1. The summed E-state index contributed by atoms with van der Waals surface area (Å²) in [5, 5.41) is 9.49. The minimum Gasteiger partial charge on any atom is -0.419 e. The minimum absolute atomic E-state index is 0.0824. The second-order valence-electron chi connectivity index (χ2n) is 8.58. The summed E-state index contributed by atoms with van der Waals surface area (Å²) in [5.41, 5.74) is 5.97. The Morgan fingerprint density at radius 3 is 2.27 bits per heavy atom. The van der Waals surface area contributed by atoms with E-state index in [9.17, 15) is 0 Å². The average Bonchev–Trinajstić information content (AvgIpc) is 3.31. The molecule has 1 atom stereocenters. The largest absolute Gasteiger partial charge is 0.419 e. The number of hydrogen-bond donors (Lipinski definition) is 0. The van der Waals surface area contributed by atoms with Crippen molar-refractivity contribution < 1.29 is 4.42 Å². The van der Waals surface area contributed by atoms with Gasteiger partial charge in [-0.1, -0.05) is 59.6 Å². The normalized spacial score (nSPS) is 15.5. The molecule has 0 saturated carbocycles. The van der Waals surface area contributed by atoms with Crippen LogP contribution in [0.5, 0.6) is 0 Å². The highest BCUT2D eigenvalue weighted by Gasteiger charge is 2.31. The number of anilines is 1. The van der Waals surface area contributed by atoms with Gasteiger partial charge in [0, 0.05) is 42.5 Å². The van der Waals surface area contributed by atoms with Crippen molar-refractivity contribution in [3.05, 3.63) is 100 Å². The van der Waals surface area contributed by atoms with Crippen molar-refractivity contribution in [2.24, 2.45) is 0 Å². The molecule has 33 heavy (non-hydrogen) atoms. The second-order valence-corrected chi connectivity index (χ2v) is 9.01. The fraction of sp³-hybridized carbons (Fsp3) is 0.259. The summed E-state index contributed by atoms with van der Waals surface area (Å²) in [6, 6.07) is 24.5. The Hall–Kier alpha value is -3.15. The van der Waals surface area contributed by atoms with E-state index >= 15 is 0 Å². The molecular formula is C27H27ClN4O. The Bertz CT molecular complexity index is 1210. The first-order valence-electron chi connectivity index (χ1n) is 11.3. The molecule has 1 unspecified atom stereocenters. The predicted octanol–water partition coefficient (Wildman–Crippen LogP) is 5.92. The molecule has 0 amide bonds. The Kier molecular flexibility index (Phi) is 6.16. The monoisotopic (exact) mass is 458 g/mol. The molecule has 1 aromatic heterocycles. The van der Waals surface area contributed by atoms with Crippen LogP contribution in [-0.2, 0) is 0 Å². The average molecular weight is 459 g/mol. The van der Waals surface area contributed by atoms with Crippen LogP contribution in [0.1, 0.15) is 28.6 Å². The van der Waals surface area contributed by atoms with Gasteiger partial charge >= 0.3 is 0 Å². The summed E-state index contributed by atoms with van der Waals surface area (Å²) in [6.45, 7) is 8.05. The molecule has 168 valence electrons. The molecule has 1 saturated heterocycles. The molecule has 5 nitrogen and oxygen atoms in total. The summed E-state index contributed by atoms with van der Waals surface area (Å²) >= 11 is 6.03. The zero-order valence-electron chi connectivity index (χ0n) is 18.9. The molecule has 0 aliphatic carbocycles. The van der Waals surface area contributed by atoms with Crippen LogP contribution in [0.2, 0.25) is 5.02 Å². The van der Waals surface area contributed by atoms with E-state index in [1.807, 2.05) is 30.3 Å². The van der Waals surface area contributed by atoms with Crippen LogP contribution >= 0.6 is 11.6 Å². The van der Waals surface area contributed by atoms with Crippen molar-refractivity contribution in [1.29, 1.82) is 0 Å². The van der Waals surface area contributed by atoms with Gasteiger partial charge in [0.1, 0.15) is 6.04 Å². The number of hydrogen-bond acceptors (Lipinski definition) is 5. The van der Waals surface area contributed by atoms with Gasteiger partial charge in [0.25, 0.3) is 0 Å². The van der Waals surface area contributed by atoms with Crippen LogP contribution < -0.4 is 4.90 Å². The van der Waals surface area contributed by atoms with Gasteiger partial charge in [0.2, 0.25) is 11.8 Å². The molecule has 4 aromatic rings. The fourth-order valence-corrected chi connectivity index (χ4v) is 4.71. The maximum atomic E-state index is 6.20. The molecule has 1 aliphatic rings. The van der Waals surface area contributed by atoms with Crippen LogP contribution in [0.4, 0.5) is 5.69 Å². The van der Waals surface area contributed by atoms with E-state index in [4.69, 9.17) is 16.0 Å². The summed E-state index contributed by atoms with van der Waals surface area (Å²) in [5.74, 6) is 1.13. The van der Waals surface area contributed by atoms with Crippen LogP contribution in [0.3, 0.4) is 0 Å². The summed E-state index contributed by atoms with van der Waals surface area (Å²) in [7, 11) is 0. The van der Waals surface area contributed by atoms with E-state index in [2.05, 4.69) is 76.3 Å². The Morgan fingerprint density at radius 1 is 0.848 bits per heavy atom. The van der Waals surface area contributed by atoms with Crippen LogP contribution in [0.25, 0.3) is 11.5 Å². The lowest BCUT2D eigenvalue weighted by Gasteiger charge is -2.39. The number of rotatable bonds is 5. The maximum Gasteiger partial charge on any atom is 0.247 e. The molecule has 3 aromatic carbocycles. The molecule has 1 aliphatic heterocycles. The second kappa shape index (κ2) is 9.38. The van der Waals surface area contributed by atoms with Gasteiger partial charge in [-0.05, 0) is 55.3 Å². The van der Waals surface area contributed by atoms with E-state index < -0.39 is 0 Å². The van der Waals surface area contributed by atoms with Gasteiger partial charge in [0.15, 0.2) is 0 Å². The maximum absolute atomic E-state index is 6.20. The summed E-state index contributed by atoms with van der Waals surface area (Å²) in [6.07, 6.45) is 0. The van der Waals surface area contributed by atoms with Gasteiger partial charge in [-0.2, -0.15) is 0 Å². The smallest absolute Gasteiger partial charge is 0.247 e. The summed E-state index contributed by atoms with van der Waals surface area (Å²) < 4.78 is 6.20. The Labute approximate surface area is 199 Å². The third-order valence-corrected chi connectivity index (χ3v) is 6.51. The molecule has 0 bridgehead atoms. The van der Waals surface area contributed by atoms with Crippen molar-refractivity contribution in [3.63, 3.8) is 0 Å². The molecular weight excluding hydrogens is 432 g/mol. The van der Waals surface area contributed by atoms with E-state index in [0.29, 0.717) is 16.8 Å². The van der Waals surface area contributed by atoms with Crippen molar-refractivity contribution in [3.8, 4) is 11.5 Å². The number of aryl methyl sites for hydroxylation is 2. The van der Waals surface area contributed by atoms with Crippen LogP contribution in [0, 0.1) is 13.8 Å². The van der Waals surface area contributed by atoms with E-state index in [0.717, 1.165) is 37.3 Å². The van der Waals surface area contributed by atoms with Crippen LogP contribution in [0.15, 0.2) is 77.2 Å². The Morgan fingerprint density at radius 2 is 1.58 bits per heavy atom. The highest BCUT2D eigenvalue weighted by Crippen LogP contribution is 2.32. The quantitative estimate of drug-likeness (QED) is 0.371. The molecule has 6 heteroatoms. The van der Waals surface area contributed by atoms with Gasteiger partial charge in [-0.15, -0.1) is 10.2 Å². The van der Waals surface area contributed by atoms with Crippen molar-refractivity contribution in [2.45, 2.75) is 19.9 Å². The van der Waals surface area contributed by atoms with Crippen LogP contribution in [-0.4, -0.2) is 41.3 Å². The summed E-state index contributed by atoms with van der Waals surface area (Å²) in [4.78, 5) is 4.91. The third-order valence-electron chi connectivity index (χ3n) is 6.25. The fourth-order valence-electron chi connectivity index (χ4n) is 4.58. The minimum atomic E-state index is -0.0824. The standard InChI is InChI=1S/C27H27ClN4O/c1-19-8-13-24(20(2)18-19)31-14-16-32(17-15-31)25(21-6-4-3-5-7-21)27-30-29-26(33-27)22-9-11-23(28)12-10-22/h3-13,18,25H,14-17H2,1-2H3. The van der Waals surface area contributed by atoms with Gasteiger partial charge in [-0.25, -0.2) is 0 Å². The highest BCUT2D eigenvalue weighted by atomic mass is 35.5. The number of nitrogens with zero attached hydrogens (tertiary/aromatic N) is 4. The number of aromatic nitrogens is 2. The lowest BCUT2D eigenvalue weighted by molar-refractivity contribution is 0.188. The molecule has 2 heterocycles. The molecule has 0 spiro atoms. The lowest BCUT2D eigenvalue weighted by atomic mass is 10.0. The van der Waals surface area contributed by atoms with Gasteiger partial charge in [-0.3, -0.25) is 4.90 Å². The topological polar surface area (TPSA) is 45.4 Å². The zero-order chi connectivity index (χ0) is 22.8. The lowest BCUT2D eigenvalue weighted by Crippen LogP contribution is -2.48. The Balaban J connectivity index is 1.40. The van der Waals surface area contributed by atoms with E-state index in [-0.39, 0.29) is 6.04 Å². The molecule has 5 rings (SSSR count). The third kappa shape index (κ3) is 4.65. The van der Waals surface area contributed by atoms with E-state index in [1.165, 1.54) is 16.8 Å². The zero-order valence-corrected chi connectivity index (χ0v) is 19.7. The van der Waals surface area contributed by atoms with Crippen molar-refractivity contribution in [2.75, 3.05) is 31.1 Å². The van der Waals surface area contributed by atoms with Gasteiger partial charge < -0.3 is 9.32 Å². The first-order valence-corrected chi connectivity index (χ1v) is 11.7. The first-order chi connectivity index (χ1) is 16.1. The van der Waals surface area contributed by atoms with E-state index in [1.54, 1.807) is 0 Å². The van der Waals surface area contributed by atoms with Crippen molar-refractivity contribution in [1.82, 2.24) is 15.1 Å². The predicted molar refractivity (Wildman–Crippen MR) is 133 cm³/mol. The van der Waals surface area contributed by atoms with Gasteiger partial charge in [0.05, 0.1) is 0 Å². The number of benzene rings is 3. The molecule has 0 N–H and O–H groups in total.